The van der Waals surface area contributed by atoms with E-state index < -0.39 is 0 Å². The van der Waals surface area contributed by atoms with Crippen molar-refractivity contribution < 1.29 is 4.57 Å². The van der Waals surface area contributed by atoms with Gasteiger partial charge in [-0.25, -0.2) is 0 Å². The Bertz CT molecular complexity index is 650. The van der Waals surface area contributed by atoms with Crippen LogP contribution < -0.4 is 4.57 Å². The van der Waals surface area contributed by atoms with Crippen molar-refractivity contribution in [3.8, 4) is 11.3 Å². The third-order valence-corrected chi connectivity index (χ3v) is 5.10. The highest BCUT2D eigenvalue weighted by Crippen LogP contribution is 2.45. The largest absolute Gasteiger partial charge is 0.213 e. The van der Waals surface area contributed by atoms with Crippen LogP contribution in [0.1, 0.15) is 38.8 Å². The predicted molar refractivity (Wildman–Crippen MR) is 79.2 cm³/mol. The summed E-state index contributed by atoms with van der Waals surface area (Å²) in [6.45, 7) is 11.5. The number of rotatable bonds is 0. The first-order valence-electron chi connectivity index (χ1n) is 6.98. The van der Waals surface area contributed by atoms with E-state index >= 15 is 0 Å². The number of benzene rings is 1. The molecule has 0 N–H and O–H groups in total. The Kier molecular flexibility index (Phi) is 2.41. The van der Waals surface area contributed by atoms with Crippen molar-refractivity contribution >= 4 is 0 Å². The number of hydrogen-bond acceptors (Lipinski definition) is 0. The first-order chi connectivity index (χ1) is 8.85. The van der Waals surface area contributed by atoms with Crippen LogP contribution in [0.4, 0.5) is 0 Å². The molecule has 0 unspecified atom stereocenters. The monoisotopic (exact) mass is 252 g/mol. The molecule has 0 bridgehead atoms. The van der Waals surface area contributed by atoms with E-state index in [1.165, 1.54) is 22.4 Å². The van der Waals surface area contributed by atoms with E-state index in [0.29, 0.717) is 0 Å². The van der Waals surface area contributed by atoms with Crippen LogP contribution in [0.3, 0.4) is 0 Å². The Morgan fingerprint density at radius 3 is 2.32 bits per heavy atom. The number of aromatic nitrogens is 1. The lowest BCUT2D eigenvalue weighted by molar-refractivity contribution is -0.760. The molecule has 0 saturated heterocycles. The van der Waals surface area contributed by atoms with E-state index in [-0.39, 0.29) is 11.0 Å². The van der Waals surface area contributed by atoms with Gasteiger partial charge in [-0.05, 0) is 38.5 Å². The number of fused-ring (bicyclic) bond motifs is 3. The fraction of sp³-hybridized carbons (Fsp3) is 0.389. The van der Waals surface area contributed by atoms with Crippen LogP contribution in [0.2, 0.25) is 0 Å². The second-order valence-corrected chi connectivity index (χ2v) is 6.69. The molecule has 2 heterocycles. The van der Waals surface area contributed by atoms with Crippen LogP contribution in [0.25, 0.3) is 11.3 Å². The summed E-state index contributed by atoms with van der Waals surface area (Å²) >= 11 is 0. The van der Waals surface area contributed by atoms with E-state index in [9.17, 15) is 0 Å². The van der Waals surface area contributed by atoms with Gasteiger partial charge in [-0.3, -0.25) is 0 Å². The topological polar surface area (TPSA) is 3.88 Å². The molecule has 3 rings (SSSR count). The third-order valence-electron chi connectivity index (χ3n) is 5.10. The molecule has 0 fully saturated rings. The van der Waals surface area contributed by atoms with Crippen molar-refractivity contribution in [2.75, 3.05) is 0 Å². The number of hydrogen-bond donors (Lipinski definition) is 0. The molecule has 1 aromatic heterocycles. The zero-order valence-corrected chi connectivity index (χ0v) is 12.5. The first-order valence-corrected chi connectivity index (χ1v) is 6.98. The second kappa shape index (κ2) is 3.69. The summed E-state index contributed by atoms with van der Waals surface area (Å²) in [6.07, 6.45) is 2.28. The number of aryl methyl sites for hydroxylation is 1. The standard InChI is InChI=1S/C18H22N/c1-13-10-11-16-14-8-6-7-9-15(14)17(2,3)18(4,5)19(16)12-13/h6-12H,1-5H3/q+1. The smallest absolute Gasteiger partial charge is 0.192 e. The van der Waals surface area contributed by atoms with Crippen molar-refractivity contribution in [2.45, 2.75) is 45.6 Å². The van der Waals surface area contributed by atoms with Gasteiger partial charge in [0.05, 0.1) is 11.0 Å². The SMILES string of the molecule is Cc1ccc2[n+](c1)C(C)(C)C(C)(C)c1ccccc1-2. The van der Waals surface area contributed by atoms with Crippen LogP contribution in [0, 0.1) is 6.92 Å². The molecule has 1 nitrogen and oxygen atoms in total. The van der Waals surface area contributed by atoms with Crippen LogP contribution in [0.5, 0.6) is 0 Å². The fourth-order valence-electron chi connectivity index (χ4n) is 3.17. The van der Waals surface area contributed by atoms with E-state index in [1.807, 2.05) is 0 Å². The minimum absolute atomic E-state index is 0.0582. The van der Waals surface area contributed by atoms with Gasteiger partial charge in [0.1, 0.15) is 0 Å². The molecule has 0 spiro atoms. The Labute approximate surface area is 115 Å². The molecule has 0 radical (unpaired) electrons. The van der Waals surface area contributed by atoms with Crippen LogP contribution >= 0.6 is 0 Å². The molecule has 0 aliphatic carbocycles. The van der Waals surface area contributed by atoms with E-state index in [1.54, 1.807) is 0 Å². The first kappa shape index (κ1) is 12.4. The van der Waals surface area contributed by atoms with Gasteiger partial charge in [0, 0.05) is 25.5 Å². The predicted octanol–water partition coefficient (Wildman–Crippen LogP) is 3.98. The van der Waals surface area contributed by atoms with E-state index in [4.69, 9.17) is 0 Å². The van der Waals surface area contributed by atoms with Gasteiger partial charge in [0.25, 0.3) is 0 Å². The molecule has 0 atom stereocenters. The zero-order chi connectivity index (χ0) is 13.8. The minimum Gasteiger partial charge on any atom is -0.192 e. The fourth-order valence-corrected chi connectivity index (χ4v) is 3.17. The Balaban J connectivity index is 2.43. The molecule has 0 saturated carbocycles. The molecular formula is C18H22N+. The van der Waals surface area contributed by atoms with Crippen LogP contribution in [-0.2, 0) is 11.0 Å². The van der Waals surface area contributed by atoms with Crippen molar-refractivity contribution in [3.05, 3.63) is 53.7 Å². The molecule has 1 aliphatic heterocycles. The summed E-state index contributed by atoms with van der Waals surface area (Å²) in [7, 11) is 0. The maximum absolute atomic E-state index is 2.45. The third kappa shape index (κ3) is 1.51. The molecule has 98 valence electrons. The molecule has 1 aromatic carbocycles. The summed E-state index contributed by atoms with van der Waals surface area (Å²) in [5.74, 6) is 0. The van der Waals surface area contributed by atoms with Crippen LogP contribution in [0.15, 0.2) is 42.6 Å². The van der Waals surface area contributed by atoms with Gasteiger partial charge in [0.2, 0.25) is 5.69 Å². The van der Waals surface area contributed by atoms with Gasteiger partial charge in [-0.15, -0.1) is 0 Å². The van der Waals surface area contributed by atoms with E-state index in [2.05, 4.69) is 81.8 Å². The number of nitrogens with zero attached hydrogens (tertiary/aromatic N) is 1. The summed E-state index contributed by atoms with van der Waals surface area (Å²) < 4.78 is 2.45. The molecular weight excluding hydrogens is 230 g/mol. The maximum atomic E-state index is 2.45. The highest BCUT2D eigenvalue weighted by atomic mass is 15.1. The summed E-state index contributed by atoms with van der Waals surface area (Å²) in [5.41, 5.74) is 5.62. The molecule has 19 heavy (non-hydrogen) atoms. The maximum Gasteiger partial charge on any atom is 0.213 e. The summed E-state index contributed by atoms with van der Waals surface area (Å²) in [6, 6.07) is 13.3. The van der Waals surface area contributed by atoms with Crippen LogP contribution in [-0.4, -0.2) is 0 Å². The lowest BCUT2D eigenvalue weighted by atomic mass is 9.65. The average Bonchev–Trinajstić information content (AvgIpc) is 2.37. The van der Waals surface area contributed by atoms with Gasteiger partial charge >= 0.3 is 0 Å². The average molecular weight is 252 g/mol. The quantitative estimate of drug-likeness (QED) is 0.624. The van der Waals surface area contributed by atoms with Crippen molar-refractivity contribution in [1.82, 2.24) is 0 Å². The van der Waals surface area contributed by atoms with Gasteiger partial charge in [-0.1, -0.05) is 18.2 Å². The Hall–Kier alpha value is -1.63. The normalized spacial score (nSPS) is 18.6. The van der Waals surface area contributed by atoms with Gasteiger partial charge in [0.15, 0.2) is 11.7 Å². The minimum atomic E-state index is 0.0582. The summed E-state index contributed by atoms with van der Waals surface area (Å²) in [5, 5.41) is 0. The van der Waals surface area contributed by atoms with E-state index in [0.717, 1.165) is 0 Å². The molecule has 0 amide bonds. The lowest BCUT2D eigenvalue weighted by Gasteiger charge is -2.42. The van der Waals surface area contributed by atoms with Gasteiger partial charge < -0.3 is 0 Å². The Morgan fingerprint density at radius 2 is 1.58 bits per heavy atom. The highest BCUT2D eigenvalue weighted by molar-refractivity contribution is 5.65. The van der Waals surface area contributed by atoms with Crippen molar-refractivity contribution in [3.63, 3.8) is 0 Å². The van der Waals surface area contributed by atoms with Crippen molar-refractivity contribution in [1.29, 1.82) is 0 Å². The lowest BCUT2D eigenvalue weighted by Crippen LogP contribution is -2.65. The Morgan fingerprint density at radius 1 is 0.895 bits per heavy atom. The van der Waals surface area contributed by atoms with Crippen molar-refractivity contribution in [2.24, 2.45) is 0 Å². The summed E-state index contributed by atoms with van der Waals surface area (Å²) in [4.78, 5) is 0. The molecule has 1 heteroatoms. The van der Waals surface area contributed by atoms with Gasteiger partial charge in [-0.2, -0.15) is 4.57 Å². The second-order valence-electron chi connectivity index (χ2n) is 6.69. The number of pyridine rings is 1. The highest BCUT2D eigenvalue weighted by Gasteiger charge is 2.52. The molecule has 1 aliphatic rings. The molecule has 2 aromatic rings. The zero-order valence-electron chi connectivity index (χ0n) is 12.5.